The highest BCUT2D eigenvalue weighted by Crippen LogP contribution is 2.26. The molecule has 0 radical (unpaired) electrons. The van der Waals surface area contributed by atoms with Crippen molar-refractivity contribution in [1.82, 2.24) is 0 Å². The Labute approximate surface area is 98.6 Å². The largest absolute Gasteiger partial charge is 0.493 e. The van der Waals surface area contributed by atoms with Crippen LogP contribution >= 0.6 is 0 Å². The molecule has 2 nitrogen and oxygen atoms in total. The molecule has 2 N–H and O–H groups in total. The number of rotatable bonds is 4. The monoisotopic (exact) mass is 247 g/mol. The molecule has 96 valence electrons. The summed E-state index contributed by atoms with van der Waals surface area (Å²) >= 11 is 0. The van der Waals surface area contributed by atoms with Gasteiger partial charge in [-0.1, -0.05) is 17.7 Å². The predicted octanol–water partition coefficient (Wildman–Crippen LogP) is 3.35. The summed E-state index contributed by atoms with van der Waals surface area (Å²) in [6, 6.07) is 5.00. The lowest BCUT2D eigenvalue weighted by Gasteiger charge is -2.15. The van der Waals surface area contributed by atoms with Gasteiger partial charge in [0.25, 0.3) is 0 Å². The Balaban J connectivity index is 2.70. The van der Waals surface area contributed by atoms with Crippen LogP contribution in [0.1, 0.15) is 30.5 Å². The molecule has 0 aliphatic carbocycles. The van der Waals surface area contributed by atoms with Gasteiger partial charge in [0.15, 0.2) is 0 Å². The fourth-order valence-corrected chi connectivity index (χ4v) is 1.43. The van der Waals surface area contributed by atoms with Gasteiger partial charge in [-0.05, 0) is 19.9 Å². The van der Waals surface area contributed by atoms with E-state index >= 15 is 0 Å². The van der Waals surface area contributed by atoms with Crippen LogP contribution in [-0.2, 0) is 0 Å². The van der Waals surface area contributed by atoms with E-state index in [4.69, 9.17) is 10.5 Å². The first kappa shape index (κ1) is 13.8. The molecule has 0 bridgehead atoms. The molecule has 0 heterocycles. The molecule has 0 aliphatic heterocycles. The van der Waals surface area contributed by atoms with E-state index in [0.717, 1.165) is 11.1 Å². The van der Waals surface area contributed by atoms with E-state index in [1.165, 1.54) is 0 Å². The van der Waals surface area contributed by atoms with Crippen molar-refractivity contribution < 1.29 is 17.9 Å². The topological polar surface area (TPSA) is 35.2 Å². The van der Waals surface area contributed by atoms with Gasteiger partial charge in [0.05, 0.1) is 13.0 Å². The van der Waals surface area contributed by atoms with Crippen LogP contribution in [0.25, 0.3) is 0 Å². The maximum atomic E-state index is 12.0. The molecule has 0 aromatic heterocycles. The van der Waals surface area contributed by atoms with E-state index in [-0.39, 0.29) is 12.6 Å². The molecule has 0 aliphatic rings. The molecule has 0 fully saturated rings. The summed E-state index contributed by atoms with van der Waals surface area (Å²) in [6.07, 6.45) is -5.15. The fraction of sp³-hybridized carbons (Fsp3) is 0.500. The molecule has 17 heavy (non-hydrogen) atoms. The number of ether oxygens (including phenoxy) is 1. The van der Waals surface area contributed by atoms with Gasteiger partial charge in [-0.25, -0.2) is 0 Å². The van der Waals surface area contributed by atoms with Gasteiger partial charge in [-0.2, -0.15) is 13.2 Å². The van der Waals surface area contributed by atoms with E-state index in [9.17, 15) is 13.2 Å². The number of aryl methyl sites for hydroxylation is 1. The van der Waals surface area contributed by atoms with Crippen molar-refractivity contribution in [3.05, 3.63) is 29.3 Å². The Kier molecular flexibility index (Phi) is 4.40. The molecule has 1 aromatic carbocycles. The third kappa shape index (κ3) is 4.65. The summed E-state index contributed by atoms with van der Waals surface area (Å²) in [6.45, 7) is 3.28. The Morgan fingerprint density at radius 3 is 2.53 bits per heavy atom. The third-order valence-corrected chi connectivity index (χ3v) is 2.30. The molecule has 1 rings (SSSR count). The molecular formula is C12H16F3NO. The maximum absolute atomic E-state index is 12.0. The average molecular weight is 247 g/mol. The highest BCUT2D eigenvalue weighted by atomic mass is 19.4. The standard InChI is InChI=1S/C12H16F3NO/c1-8-3-4-11(10(7-8)9(2)16)17-6-5-12(13,14)15/h3-4,7,9H,5-6,16H2,1-2H3. The normalized spacial score (nSPS) is 13.5. The molecule has 1 atom stereocenters. The van der Waals surface area contributed by atoms with E-state index in [0.29, 0.717) is 5.75 Å². The first-order valence-corrected chi connectivity index (χ1v) is 5.35. The van der Waals surface area contributed by atoms with Crippen LogP contribution in [0.4, 0.5) is 13.2 Å². The van der Waals surface area contributed by atoms with Crippen molar-refractivity contribution in [2.75, 3.05) is 6.61 Å². The van der Waals surface area contributed by atoms with Crippen LogP contribution in [0.5, 0.6) is 5.75 Å². The molecule has 1 aromatic rings. The number of hydrogen-bond donors (Lipinski definition) is 1. The van der Waals surface area contributed by atoms with E-state index < -0.39 is 12.6 Å². The van der Waals surface area contributed by atoms with Gasteiger partial charge < -0.3 is 10.5 Å². The quantitative estimate of drug-likeness (QED) is 0.885. The van der Waals surface area contributed by atoms with E-state index in [1.807, 2.05) is 13.0 Å². The second-order valence-electron chi connectivity index (χ2n) is 4.04. The number of hydrogen-bond acceptors (Lipinski definition) is 2. The Bertz CT molecular complexity index is 375. The molecule has 0 saturated heterocycles. The minimum absolute atomic E-state index is 0.268. The zero-order valence-corrected chi connectivity index (χ0v) is 9.84. The van der Waals surface area contributed by atoms with Crippen LogP contribution in [0, 0.1) is 6.92 Å². The highest BCUT2D eigenvalue weighted by molar-refractivity contribution is 5.38. The SMILES string of the molecule is Cc1ccc(OCCC(F)(F)F)c(C(C)N)c1. The second kappa shape index (κ2) is 5.40. The molecule has 0 spiro atoms. The van der Waals surface area contributed by atoms with Crippen LogP contribution in [-0.4, -0.2) is 12.8 Å². The molecule has 0 saturated carbocycles. The van der Waals surface area contributed by atoms with Gasteiger partial charge in [-0.15, -0.1) is 0 Å². The highest BCUT2D eigenvalue weighted by Gasteiger charge is 2.27. The Morgan fingerprint density at radius 1 is 1.35 bits per heavy atom. The Hall–Kier alpha value is -1.23. The van der Waals surface area contributed by atoms with Crippen molar-refractivity contribution in [2.24, 2.45) is 5.73 Å². The average Bonchev–Trinajstić information content (AvgIpc) is 2.18. The van der Waals surface area contributed by atoms with Gasteiger partial charge in [0.2, 0.25) is 0 Å². The van der Waals surface area contributed by atoms with Crippen molar-refractivity contribution in [3.8, 4) is 5.75 Å². The summed E-state index contributed by atoms with van der Waals surface area (Å²) in [5, 5.41) is 0. The smallest absolute Gasteiger partial charge is 0.392 e. The lowest BCUT2D eigenvalue weighted by atomic mass is 10.1. The van der Waals surface area contributed by atoms with Crippen molar-refractivity contribution in [3.63, 3.8) is 0 Å². The number of benzene rings is 1. The predicted molar refractivity (Wildman–Crippen MR) is 59.9 cm³/mol. The van der Waals surface area contributed by atoms with Crippen LogP contribution in [0.3, 0.4) is 0 Å². The maximum Gasteiger partial charge on any atom is 0.392 e. The van der Waals surface area contributed by atoms with Crippen LogP contribution < -0.4 is 10.5 Å². The summed E-state index contributed by atoms with van der Waals surface area (Å²) < 4.78 is 41.1. The van der Waals surface area contributed by atoms with Crippen LogP contribution in [0.15, 0.2) is 18.2 Å². The number of alkyl halides is 3. The summed E-state index contributed by atoms with van der Waals surface area (Å²) in [4.78, 5) is 0. The third-order valence-electron chi connectivity index (χ3n) is 2.30. The van der Waals surface area contributed by atoms with E-state index in [2.05, 4.69) is 0 Å². The first-order chi connectivity index (χ1) is 7.79. The summed E-state index contributed by atoms with van der Waals surface area (Å²) in [7, 11) is 0. The zero-order chi connectivity index (χ0) is 13.1. The first-order valence-electron chi connectivity index (χ1n) is 5.35. The second-order valence-corrected chi connectivity index (χ2v) is 4.04. The van der Waals surface area contributed by atoms with Crippen molar-refractivity contribution in [1.29, 1.82) is 0 Å². The summed E-state index contributed by atoms with van der Waals surface area (Å²) in [5.74, 6) is 0.426. The number of nitrogens with two attached hydrogens (primary N) is 1. The van der Waals surface area contributed by atoms with Crippen molar-refractivity contribution >= 4 is 0 Å². The number of halogens is 3. The lowest BCUT2D eigenvalue weighted by molar-refractivity contribution is -0.139. The summed E-state index contributed by atoms with van der Waals surface area (Å²) in [5.41, 5.74) is 7.47. The van der Waals surface area contributed by atoms with Gasteiger partial charge >= 0.3 is 6.18 Å². The Morgan fingerprint density at radius 2 is 2.00 bits per heavy atom. The van der Waals surface area contributed by atoms with Crippen molar-refractivity contribution in [2.45, 2.75) is 32.5 Å². The van der Waals surface area contributed by atoms with Gasteiger partial charge in [0.1, 0.15) is 5.75 Å². The minimum Gasteiger partial charge on any atom is -0.493 e. The molecule has 0 amide bonds. The molecule has 5 heteroatoms. The zero-order valence-electron chi connectivity index (χ0n) is 9.84. The molecular weight excluding hydrogens is 231 g/mol. The van der Waals surface area contributed by atoms with Gasteiger partial charge in [-0.3, -0.25) is 0 Å². The fourth-order valence-electron chi connectivity index (χ4n) is 1.43. The lowest BCUT2D eigenvalue weighted by Crippen LogP contribution is -2.14. The van der Waals surface area contributed by atoms with Gasteiger partial charge in [0, 0.05) is 11.6 Å². The van der Waals surface area contributed by atoms with E-state index in [1.54, 1.807) is 19.1 Å². The van der Waals surface area contributed by atoms with Crippen LogP contribution in [0.2, 0.25) is 0 Å². The minimum atomic E-state index is -4.20. The molecule has 1 unspecified atom stereocenters.